The number of hydrogen-bond donors (Lipinski definition) is 1. The molecule has 0 radical (unpaired) electrons. The number of nitrogens with one attached hydrogen (secondary N) is 1. The van der Waals surface area contributed by atoms with E-state index in [4.69, 9.17) is 4.52 Å². The van der Waals surface area contributed by atoms with Crippen LogP contribution in [0.25, 0.3) is 11.1 Å². The molecule has 4 rings (SSSR count). The summed E-state index contributed by atoms with van der Waals surface area (Å²) in [5.41, 5.74) is 3.45. The van der Waals surface area contributed by atoms with Crippen LogP contribution in [0.2, 0.25) is 0 Å². The number of H-pyrrole nitrogens is 1. The van der Waals surface area contributed by atoms with Crippen molar-refractivity contribution in [3.8, 4) is 0 Å². The molecule has 1 amide bonds. The summed E-state index contributed by atoms with van der Waals surface area (Å²) >= 11 is 0. The van der Waals surface area contributed by atoms with E-state index >= 15 is 0 Å². The van der Waals surface area contributed by atoms with Crippen molar-refractivity contribution in [2.75, 3.05) is 6.54 Å². The molecule has 4 heterocycles. The number of carbonyl (C=O) groups is 1. The second kappa shape index (κ2) is 5.43. The van der Waals surface area contributed by atoms with Crippen molar-refractivity contribution < 1.29 is 9.32 Å². The Balaban J connectivity index is 1.77. The fourth-order valence-corrected chi connectivity index (χ4v) is 3.44. The van der Waals surface area contributed by atoms with Gasteiger partial charge in [0.2, 0.25) is 0 Å². The highest BCUT2D eigenvalue weighted by Crippen LogP contribution is 2.33. The topological polar surface area (TPSA) is 87.9 Å². The summed E-state index contributed by atoms with van der Waals surface area (Å²) < 4.78 is 5.25. The molecule has 0 aromatic carbocycles. The van der Waals surface area contributed by atoms with Crippen LogP contribution in [0.3, 0.4) is 0 Å². The molecule has 1 aliphatic heterocycles. The number of imidazole rings is 1. The van der Waals surface area contributed by atoms with Gasteiger partial charge >= 0.3 is 0 Å². The van der Waals surface area contributed by atoms with Crippen LogP contribution in [0.4, 0.5) is 0 Å². The lowest BCUT2D eigenvalue weighted by Gasteiger charge is -2.23. The second-order valence-corrected chi connectivity index (χ2v) is 6.37. The van der Waals surface area contributed by atoms with Crippen molar-refractivity contribution in [3.05, 3.63) is 40.7 Å². The summed E-state index contributed by atoms with van der Waals surface area (Å²) in [7, 11) is 0. The first-order chi connectivity index (χ1) is 11.5. The van der Waals surface area contributed by atoms with Crippen LogP contribution in [-0.4, -0.2) is 37.5 Å². The van der Waals surface area contributed by atoms with Gasteiger partial charge in [-0.1, -0.05) is 5.16 Å². The quantitative estimate of drug-likeness (QED) is 0.782. The molecule has 1 aliphatic rings. The Labute approximate surface area is 139 Å². The Kier molecular flexibility index (Phi) is 3.37. The molecular weight excluding hydrogens is 306 g/mol. The minimum absolute atomic E-state index is 0.0186. The normalized spacial score (nSPS) is 17.8. The van der Waals surface area contributed by atoms with Gasteiger partial charge in [-0.25, -0.2) is 9.97 Å². The first-order valence-electron chi connectivity index (χ1n) is 8.10. The zero-order valence-electron chi connectivity index (χ0n) is 14.0. The molecule has 7 heteroatoms. The number of aromatic nitrogens is 4. The van der Waals surface area contributed by atoms with E-state index in [-0.39, 0.29) is 11.9 Å². The standard InChI is InChI=1S/C17H19N5O2/c1-9-7-12(14-11(3)21-24-16(14)20-9)17(23)22-6-4-5-13(22)15-18-8-10(2)19-15/h7-8,13H,4-6H2,1-3H3,(H,18,19)/t13-/m0/s1. The number of aromatic amines is 1. The minimum Gasteiger partial charge on any atom is -0.344 e. The molecule has 0 unspecified atom stereocenters. The smallest absolute Gasteiger partial charge is 0.258 e. The van der Waals surface area contributed by atoms with E-state index < -0.39 is 0 Å². The van der Waals surface area contributed by atoms with E-state index in [1.54, 1.807) is 6.20 Å². The summed E-state index contributed by atoms with van der Waals surface area (Å²) in [4.78, 5) is 27.1. The third-order valence-corrected chi connectivity index (χ3v) is 4.53. The van der Waals surface area contributed by atoms with Gasteiger partial charge in [0.1, 0.15) is 5.82 Å². The molecule has 24 heavy (non-hydrogen) atoms. The second-order valence-electron chi connectivity index (χ2n) is 6.37. The van der Waals surface area contributed by atoms with E-state index in [0.29, 0.717) is 22.4 Å². The number of amides is 1. The average Bonchev–Trinajstić information content (AvgIpc) is 3.26. The lowest BCUT2D eigenvalue weighted by Crippen LogP contribution is -2.31. The summed E-state index contributed by atoms with van der Waals surface area (Å²) in [6.07, 6.45) is 3.68. The Morgan fingerprint density at radius 2 is 2.21 bits per heavy atom. The molecule has 0 spiro atoms. The monoisotopic (exact) mass is 325 g/mol. The van der Waals surface area contributed by atoms with Gasteiger partial charge in [-0.05, 0) is 39.7 Å². The van der Waals surface area contributed by atoms with Gasteiger partial charge in [-0.15, -0.1) is 0 Å². The van der Waals surface area contributed by atoms with Crippen molar-refractivity contribution in [3.63, 3.8) is 0 Å². The largest absolute Gasteiger partial charge is 0.344 e. The van der Waals surface area contributed by atoms with E-state index in [1.165, 1.54) is 0 Å². The van der Waals surface area contributed by atoms with Gasteiger partial charge in [0.15, 0.2) is 0 Å². The van der Waals surface area contributed by atoms with Crippen molar-refractivity contribution in [1.29, 1.82) is 0 Å². The number of aryl methyl sites for hydroxylation is 3. The summed E-state index contributed by atoms with van der Waals surface area (Å²) in [6.45, 7) is 6.37. The molecule has 1 saturated heterocycles. The van der Waals surface area contributed by atoms with Crippen molar-refractivity contribution in [1.82, 2.24) is 25.0 Å². The van der Waals surface area contributed by atoms with E-state index in [2.05, 4.69) is 20.1 Å². The number of hydrogen-bond acceptors (Lipinski definition) is 5. The number of carbonyl (C=O) groups excluding carboxylic acids is 1. The van der Waals surface area contributed by atoms with Crippen LogP contribution in [0.5, 0.6) is 0 Å². The Bertz CT molecular complexity index is 926. The van der Waals surface area contributed by atoms with Gasteiger partial charge in [0, 0.05) is 24.1 Å². The molecule has 0 saturated carbocycles. The summed E-state index contributed by atoms with van der Waals surface area (Å²) in [5, 5.41) is 4.66. The van der Waals surface area contributed by atoms with Crippen molar-refractivity contribution in [2.24, 2.45) is 0 Å². The molecule has 3 aromatic rings. The van der Waals surface area contributed by atoms with Crippen molar-refractivity contribution in [2.45, 2.75) is 39.7 Å². The van der Waals surface area contributed by atoms with E-state index in [0.717, 1.165) is 36.6 Å². The SMILES string of the molecule is Cc1cc(C(=O)N2CCC[C@H]2c2ncc(C)[nH]2)c2c(C)noc2n1. The molecule has 7 nitrogen and oxygen atoms in total. The fourth-order valence-electron chi connectivity index (χ4n) is 3.44. The third-order valence-electron chi connectivity index (χ3n) is 4.53. The minimum atomic E-state index is -0.0200. The number of fused-ring (bicyclic) bond motifs is 1. The van der Waals surface area contributed by atoms with Gasteiger partial charge in [0.05, 0.1) is 22.7 Å². The number of likely N-dealkylation sites (tertiary alicyclic amines) is 1. The van der Waals surface area contributed by atoms with Crippen molar-refractivity contribution >= 4 is 17.0 Å². The predicted molar refractivity (Wildman–Crippen MR) is 87.6 cm³/mol. The Morgan fingerprint density at radius 3 is 2.96 bits per heavy atom. The maximum absolute atomic E-state index is 13.2. The molecule has 0 aliphatic carbocycles. The highest BCUT2D eigenvalue weighted by atomic mass is 16.5. The molecule has 124 valence electrons. The lowest BCUT2D eigenvalue weighted by atomic mass is 10.1. The summed E-state index contributed by atoms with van der Waals surface area (Å²) in [5.74, 6) is 0.829. The van der Waals surface area contributed by atoms with Crippen LogP contribution in [0.15, 0.2) is 16.8 Å². The van der Waals surface area contributed by atoms with E-state index in [9.17, 15) is 4.79 Å². The van der Waals surface area contributed by atoms with Gasteiger partial charge in [-0.3, -0.25) is 4.79 Å². The zero-order chi connectivity index (χ0) is 16.8. The van der Waals surface area contributed by atoms with Gasteiger partial charge in [0.25, 0.3) is 11.6 Å². The van der Waals surface area contributed by atoms with Crippen LogP contribution >= 0.6 is 0 Å². The molecule has 1 N–H and O–H groups in total. The van der Waals surface area contributed by atoms with Crippen LogP contribution in [0, 0.1) is 20.8 Å². The number of nitrogens with zero attached hydrogens (tertiary/aromatic N) is 4. The maximum Gasteiger partial charge on any atom is 0.258 e. The van der Waals surface area contributed by atoms with E-state index in [1.807, 2.05) is 31.7 Å². The third kappa shape index (κ3) is 2.28. The predicted octanol–water partition coefficient (Wildman–Crippen LogP) is 2.85. The summed E-state index contributed by atoms with van der Waals surface area (Å²) in [6, 6.07) is 1.80. The Morgan fingerprint density at radius 1 is 1.38 bits per heavy atom. The lowest BCUT2D eigenvalue weighted by molar-refractivity contribution is 0.0732. The maximum atomic E-state index is 13.2. The number of pyridine rings is 1. The highest BCUT2D eigenvalue weighted by molar-refractivity contribution is 6.06. The van der Waals surface area contributed by atoms with Crippen LogP contribution in [0.1, 0.15) is 52.1 Å². The average molecular weight is 325 g/mol. The van der Waals surface area contributed by atoms with Gasteiger partial charge < -0.3 is 14.4 Å². The number of rotatable bonds is 2. The first-order valence-corrected chi connectivity index (χ1v) is 8.10. The molecule has 3 aromatic heterocycles. The zero-order valence-corrected chi connectivity index (χ0v) is 14.0. The molecule has 1 fully saturated rings. The first kappa shape index (κ1) is 14.9. The van der Waals surface area contributed by atoms with Gasteiger partial charge in [-0.2, -0.15) is 0 Å². The van der Waals surface area contributed by atoms with Crippen LogP contribution < -0.4 is 0 Å². The molecular formula is C17H19N5O2. The molecule has 0 bridgehead atoms. The fraction of sp³-hybridized carbons (Fsp3) is 0.412. The highest BCUT2D eigenvalue weighted by Gasteiger charge is 2.34. The van der Waals surface area contributed by atoms with Crippen LogP contribution in [-0.2, 0) is 0 Å². The molecule has 1 atom stereocenters. The Hall–Kier alpha value is -2.70.